The lowest BCUT2D eigenvalue weighted by atomic mass is 10.3. The van der Waals surface area contributed by atoms with Crippen molar-refractivity contribution in [3.05, 3.63) is 0 Å². The third-order valence-electron chi connectivity index (χ3n) is 1.33. The van der Waals surface area contributed by atoms with E-state index in [-0.39, 0.29) is 16.8 Å². The standard InChI is InChI=1S/C6H14N2O2S2/c1-3-5(2)8-12(9,10)4-6(7)11/h5,8H,3-4H2,1-2H3,(H2,7,11). The third-order valence-corrected chi connectivity index (χ3v) is 3.10. The summed E-state index contributed by atoms with van der Waals surface area (Å²) in [5.74, 6) is -0.271. The smallest absolute Gasteiger partial charge is 0.218 e. The Morgan fingerprint density at radius 3 is 2.50 bits per heavy atom. The van der Waals surface area contributed by atoms with Crippen molar-refractivity contribution in [2.75, 3.05) is 5.75 Å². The van der Waals surface area contributed by atoms with Gasteiger partial charge < -0.3 is 5.73 Å². The number of rotatable bonds is 5. The Morgan fingerprint density at radius 1 is 1.67 bits per heavy atom. The molecule has 0 aromatic carbocycles. The Balaban J connectivity index is 4.15. The molecule has 0 amide bonds. The van der Waals surface area contributed by atoms with Gasteiger partial charge in [-0.25, -0.2) is 13.1 Å². The summed E-state index contributed by atoms with van der Waals surface area (Å²) in [6, 6.07) is -0.0654. The van der Waals surface area contributed by atoms with Crippen LogP contribution in [0.2, 0.25) is 0 Å². The fourth-order valence-electron chi connectivity index (χ4n) is 0.619. The molecule has 1 unspecified atom stereocenters. The molecular formula is C6H14N2O2S2. The molecule has 72 valence electrons. The highest BCUT2D eigenvalue weighted by molar-refractivity contribution is 7.92. The molecule has 0 aromatic rings. The second kappa shape index (κ2) is 4.74. The maximum absolute atomic E-state index is 11.1. The van der Waals surface area contributed by atoms with Crippen LogP contribution in [0.1, 0.15) is 20.3 Å². The SMILES string of the molecule is CCC(C)NS(=O)(=O)CC(N)=S. The molecule has 0 aliphatic heterocycles. The predicted octanol–water partition coefficient (Wildman–Crippen LogP) is -0.00960. The molecule has 0 spiro atoms. The van der Waals surface area contributed by atoms with Crippen LogP contribution in [0.4, 0.5) is 0 Å². The molecule has 0 aromatic heterocycles. The minimum absolute atomic E-state index is 0.00852. The van der Waals surface area contributed by atoms with Gasteiger partial charge in [0.25, 0.3) is 0 Å². The zero-order valence-corrected chi connectivity index (χ0v) is 8.83. The minimum atomic E-state index is -3.31. The molecule has 0 saturated heterocycles. The van der Waals surface area contributed by atoms with Gasteiger partial charge in [0.05, 0.1) is 4.99 Å². The van der Waals surface area contributed by atoms with Crippen molar-refractivity contribution in [3.8, 4) is 0 Å². The van der Waals surface area contributed by atoms with Crippen LogP contribution in [0.5, 0.6) is 0 Å². The number of sulfonamides is 1. The summed E-state index contributed by atoms with van der Waals surface area (Å²) in [7, 11) is -3.31. The van der Waals surface area contributed by atoms with Crippen LogP contribution >= 0.6 is 12.2 Å². The molecule has 0 saturated carbocycles. The molecule has 0 aliphatic rings. The van der Waals surface area contributed by atoms with E-state index in [1.165, 1.54) is 0 Å². The van der Waals surface area contributed by atoms with Gasteiger partial charge in [-0.3, -0.25) is 0 Å². The molecule has 6 heteroatoms. The second-order valence-electron chi connectivity index (χ2n) is 2.65. The molecular weight excluding hydrogens is 196 g/mol. The van der Waals surface area contributed by atoms with E-state index < -0.39 is 10.0 Å². The molecule has 0 fully saturated rings. The van der Waals surface area contributed by atoms with Crippen LogP contribution in [0.15, 0.2) is 0 Å². The lowest BCUT2D eigenvalue weighted by Gasteiger charge is -2.10. The highest BCUT2D eigenvalue weighted by atomic mass is 32.2. The Morgan fingerprint density at radius 2 is 2.17 bits per heavy atom. The molecule has 0 radical (unpaired) electrons. The van der Waals surface area contributed by atoms with Gasteiger partial charge in [0.2, 0.25) is 10.0 Å². The monoisotopic (exact) mass is 210 g/mol. The Kier molecular flexibility index (Phi) is 4.66. The van der Waals surface area contributed by atoms with E-state index in [4.69, 9.17) is 5.73 Å². The maximum Gasteiger partial charge on any atom is 0.218 e. The molecule has 0 rings (SSSR count). The van der Waals surface area contributed by atoms with E-state index in [9.17, 15) is 8.42 Å². The van der Waals surface area contributed by atoms with E-state index >= 15 is 0 Å². The largest absolute Gasteiger partial charge is 0.392 e. The van der Waals surface area contributed by atoms with E-state index in [2.05, 4.69) is 16.9 Å². The molecule has 12 heavy (non-hydrogen) atoms. The quantitative estimate of drug-likeness (QED) is 0.626. The Bertz CT molecular complexity index is 248. The van der Waals surface area contributed by atoms with Gasteiger partial charge in [-0.1, -0.05) is 19.1 Å². The average molecular weight is 210 g/mol. The highest BCUT2D eigenvalue weighted by Gasteiger charge is 2.13. The number of nitrogens with two attached hydrogens (primary N) is 1. The number of hydrogen-bond acceptors (Lipinski definition) is 3. The molecule has 3 N–H and O–H groups in total. The minimum Gasteiger partial charge on any atom is -0.392 e. The van der Waals surface area contributed by atoms with Gasteiger partial charge in [-0.15, -0.1) is 0 Å². The maximum atomic E-state index is 11.1. The molecule has 0 bridgehead atoms. The first-order valence-corrected chi connectivity index (χ1v) is 5.71. The van der Waals surface area contributed by atoms with Crippen LogP contribution in [0.25, 0.3) is 0 Å². The van der Waals surface area contributed by atoms with Crippen LogP contribution in [-0.2, 0) is 10.0 Å². The summed E-state index contributed by atoms with van der Waals surface area (Å²) in [6.45, 7) is 3.69. The zero-order chi connectivity index (χ0) is 9.78. The summed E-state index contributed by atoms with van der Waals surface area (Å²) in [5.41, 5.74) is 5.11. The normalized spacial score (nSPS) is 14.2. The van der Waals surface area contributed by atoms with Crippen molar-refractivity contribution >= 4 is 27.2 Å². The van der Waals surface area contributed by atoms with E-state index in [1.807, 2.05) is 6.92 Å². The zero-order valence-electron chi connectivity index (χ0n) is 7.20. The second-order valence-corrected chi connectivity index (χ2v) is 4.93. The summed E-state index contributed by atoms with van der Waals surface area (Å²) < 4.78 is 24.7. The van der Waals surface area contributed by atoms with Crippen LogP contribution in [0.3, 0.4) is 0 Å². The first kappa shape index (κ1) is 11.8. The van der Waals surface area contributed by atoms with Gasteiger partial charge in [0.1, 0.15) is 5.75 Å². The fraction of sp³-hybridized carbons (Fsp3) is 0.833. The molecule has 1 atom stereocenters. The first-order valence-electron chi connectivity index (χ1n) is 3.65. The summed E-state index contributed by atoms with van der Waals surface area (Å²) in [4.78, 5) is -0.00852. The number of nitrogens with one attached hydrogen (secondary N) is 1. The Hall–Kier alpha value is -0.200. The van der Waals surface area contributed by atoms with Gasteiger partial charge >= 0.3 is 0 Å². The summed E-state index contributed by atoms with van der Waals surface area (Å²) >= 11 is 4.49. The first-order chi connectivity index (χ1) is 5.37. The highest BCUT2D eigenvalue weighted by Crippen LogP contribution is 1.93. The van der Waals surface area contributed by atoms with E-state index in [0.29, 0.717) is 0 Å². The number of thiocarbonyl (C=S) groups is 1. The van der Waals surface area contributed by atoms with E-state index in [1.54, 1.807) is 6.92 Å². The van der Waals surface area contributed by atoms with E-state index in [0.717, 1.165) is 6.42 Å². The number of hydrogen-bond donors (Lipinski definition) is 2. The van der Waals surface area contributed by atoms with Crippen molar-refractivity contribution in [1.29, 1.82) is 0 Å². The van der Waals surface area contributed by atoms with Crippen LogP contribution < -0.4 is 10.5 Å². The van der Waals surface area contributed by atoms with Crippen molar-refractivity contribution in [2.45, 2.75) is 26.3 Å². The molecule has 0 aliphatic carbocycles. The predicted molar refractivity (Wildman–Crippen MR) is 53.5 cm³/mol. The summed E-state index contributed by atoms with van der Waals surface area (Å²) in [5, 5.41) is 0. The fourth-order valence-corrected chi connectivity index (χ4v) is 2.32. The lowest BCUT2D eigenvalue weighted by Crippen LogP contribution is -2.37. The average Bonchev–Trinajstić information content (AvgIpc) is 1.83. The van der Waals surface area contributed by atoms with Crippen molar-refractivity contribution in [2.24, 2.45) is 5.73 Å². The lowest BCUT2D eigenvalue weighted by molar-refractivity contribution is 0.559. The van der Waals surface area contributed by atoms with Crippen molar-refractivity contribution < 1.29 is 8.42 Å². The van der Waals surface area contributed by atoms with Gasteiger partial charge in [0.15, 0.2) is 0 Å². The topological polar surface area (TPSA) is 72.2 Å². The van der Waals surface area contributed by atoms with Crippen molar-refractivity contribution in [3.63, 3.8) is 0 Å². The van der Waals surface area contributed by atoms with Gasteiger partial charge in [-0.2, -0.15) is 0 Å². The Labute approximate surface area is 78.6 Å². The summed E-state index contributed by atoms with van der Waals surface area (Å²) in [6.07, 6.45) is 0.747. The van der Waals surface area contributed by atoms with Gasteiger partial charge in [0, 0.05) is 6.04 Å². The molecule has 0 heterocycles. The van der Waals surface area contributed by atoms with Crippen LogP contribution in [0, 0.1) is 0 Å². The third kappa shape index (κ3) is 5.45. The van der Waals surface area contributed by atoms with Crippen LogP contribution in [-0.4, -0.2) is 25.2 Å². The molecule has 4 nitrogen and oxygen atoms in total. The van der Waals surface area contributed by atoms with Gasteiger partial charge in [-0.05, 0) is 13.3 Å². The van der Waals surface area contributed by atoms with Crippen molar-refractivity contribution in [1.82, 2.24) is 4.72 Å².